The molecule has 0 spiro atoms. The fraction of sp³-hybridized carbons (Fsp3) is 0.900. The summed E-state index contributed by atoms with van der Waals surface area (Å²) in [4.78, 5) is 13.8. The summed E-state index contributed by atoms with van der Waals surface area (Å²) in [6.45, 7) is 2.86. The molecule has 1 amide bonds. The quantitative estimate of drug-likeness (QED) is 0.637. The highest BCUT2D eigenvalue weighted by atomic mass is 32.1. The first-order valence-corrected chi connectivity index (χ1v) is 5.68. The zero-order valence-electron chi connectivity index (χ0n) is 8.07. The van der Waals surface area contributed by atoms with Crippen molar-refractivity contribution in [1.82, 2.24) is 4.90 Å². The summed E-state index contributed by atoms with van der Waals surface area (Å²) in [5.41, 5.74) is 0. The van der Waals surface area contributed by atoms with Crippen molar-refractivity contribution in [2.24, 2.45) is 5.92 Å². The lowest BCUT2D eigenvalue weighted by Crippen LogP contribution is -2.52. The standard InChI is InChI=1S/C10H17NOS/c1-7(13)10(12)11-6-8-2-4-9(11)5-3-8/h7-9,13H,2-6H2,1H3. The van der Waals surface area contributed by atoms with E-state index in [-0.39, 0.29) is 11.2 Å². The molecule has 3 fully saturated rings. The molecule has 13 heavy (non-hydrogen) atoms. The summed E-state index contributed by atoms with van der Waals surface area (Å²) < 4.78 is 0. The van der Waals surface area contributed by atoms with E-state index in [0.29, 0.717) is 6.04 Å². The fourth-order valence-electron chi connectivity index (χ4n) is 2.58. The summed E-state index contributed by atoms with van der Waals surface area (Å²) in [7, 11) is 0. The van der Waals surface area contributed by atoms with Crippen LogP contribution < -0.4 is 0 Å². The predicted octanol–water partition coefficient (Wildman–Crippen LogP) is 1.71. The molecule has 74 valence electrons. The molecule has 2 heterocycles. The zero-order chi connectivity index (χ0) is 9.42. The SMILES string of the molecule is CC(S)C(=O)N1CC2CCC1CC2. The minimum Gasteiger partial charge on any atom is -0.338 e. The van der Waals surface area contributed by atoms with Gasteiger partial charge in [-0.1, -0.05) is 0 Å². The Morgan fingerprint density at radius 1 is 1.38 bits per heavy atom. The third-order valence-corrected chi connectivity index (χ3v) is 3.57. The van der Waals surface area contributed by atoms with E-state index in [1.807, 2.05) is 6.92 Å². The van der Waals surface area contributed by atoms with E-state index in [4.69, 9.17) is 0 Å². The number of fused-ring (bicyclic) bond motifs is 3. The van der Waals surface area contributed by atoms with E-state index in [1.165, 1.54) is 25.7 Å². The molecule has 0 aromatic rings. The highest BCUT2D eigenvalue weighted by Gasteiger charge is 2.36. The Morgan fingerprint density at radius 2 is 2.00 bits per heavy atom. The first-order valence-electron chi connectivity index (χ1n) is 5.17. The molecule has 2 bridgehead atoms. The van der Waals surface area contributed by atoms with Crippen LogP contribution in [-0.2, 0) is 4.79 Å². The summed E-state index contributed by atoms with van der Waals surface area (Å²) in [6, 6.07) is 0.534. The van der Waals surface area contributed by atoms with Crippen molar-refractivity contribution in [1.29, 1.82) is 0 Å². The van der Waals surface area contributed by atoms with Crippen LogP contribution in [0.25, 0.3) is 0 Å². The second-order valence-corrected chi connectivity index (χ2v) is 5.12. The Bertz CT molecular complexity index is 209. The van der Waals surface area contributed by atoms with Crippen molar-refractivity contribution in [2.45, 2.75) is 43.9 Å². The number of carbonyl (C=O) groups is 1. The predicted molar refractivity (Wildman–Crippen MR) is 55.9 cm³/mol. The van der Waals surface area contributed by atoms with Crippen LogP contribution in [0.5, 0.6) is 0 Å². The molecule has 1 aliphatic carbocycles. The lowest BCUT2D eigenvalue weighted by Gasteiger charge is -2.45. The van der Waals surface area contributed by atoms with Gasteiger partial charge < -0.3 is 4.90 Å². The van der Waals surface area contributed by atoms with Crippen molar-refractivity contribution in [2.75, 3.05) is 6.54 Å². The van der Waals surface area contributed by atoms with Crippen molar-refractivity contribution in [3.8, 4) is 0 Å². The van der Waals surface area contributed by atoms with Gasteiger partial charge in [-0.15, -0.1) is 0 Å². The maximum atomic E-state index is 11.7. The minimum absolute atomic E-state index is 0.126. The summed E-state index contributed by atoms with van der Waals surface area (Å²) in [6.07, 6.45) is 5.10. The number of amides is 1. The minimum atomic E-state index is -0.126. The third kappa shape index (κ3) is 1.71. The van der Waals surface area contributed by atoms with Crippen molar-refractivity contribution in [3.05, 3.63) is 0 Å². The molecule has 1 unspecified atom stereocenters. The van der Waals surface area contributed by atoms with Crippen LogP contribution >= 0.6 is 12.6 Å². The smallest absolute Gasteiger partial charge is 0.235 e. The van der Waals surface area contributed by atoms with Gasteiger partial charge in [0.2, 0.25) is 5.91 Å². The molecule has 0 N–H and O–H groups in total. The molecule has 2 saturated heterocycles. The second-order valence-electron chi connectivity index (χ2n) is 4.34. The van der Waals surface area contributed by atoms with Crippen LogP contribution in [0.3, 0.4) is 0 Å². The molecule has 3 heteroatoms. The van der Waals surface area contributed by atoms with Crippen LogP contribution in [0.15, 0.2) is 0 Å². The lowest BCUT2D eigenvalue weighted by atomic mass is 9.80. The van der Waals surface area contributed by atoms with Gasteiger partial charge in [0.25, 0.3) is 0 Å². The highest BCUT2D eigenvalue weighted by Crippen LogP contribution is 2.35. The lowest BCUT2D eigenvalue weighted by molar-refractivity contribution is -0.137. The molecule has 0 radical (unpaired) electrons. The van der Waals surface area contributed by atoms with Gasteiger partial charge in [-0.2, -0.15) is 12.6 Å². The van der Waals surface area contributed by atoms with Gasteiger partial charge in [-0.05, 0) is 38.5 Å². The van der Waals surface area contributed by atoms with E-state index < -0.39 is 0 Å². The Balaban J connectivity index is 2.04. The van der Waals surface area contributed by atoms with E-state index >= 15 is 0 Å². The largest absolute Gasteiger partial charge is 0.338 e. The van der Waals surface area contributed by atoms with Gasteiger partial charge >= 0.3 is 0 Å². The van der Waals surface area contributed by atoms with Gasteiger partial charge in [0, 0.05) is 12.6 Å². The number of nitrogens with zero attached hydrogens (tertiary/aromatic N) is 1. The average molecular weight is 199 g/mol. The van der Waals surface area contributed by atoms with Crippen LogP contribution in [-0.4, -0.2) is 28.6 Å². The molecule has 2 nitrogen and oxygen atoms in total. The van der Waals surface area contributed by atoms with E-state index in [9.17, 15) is 4.79 Å². The molecule has 0 aromatic heterocycles. The molecule has 3 aliphatic rings. The topological polar surface area (TPSA) is 20.3 Å². The van der Waals surface area contributed by atoms with Crippen LogP contribution in [0.1, 0.15) is 32.6 Å². The zero-order valence-corrected chi connectivity index (χ0v) is 8.96. The van der Waals surface area contributed by atoms with Gasteiger partial charge in [-0.3, -0.25) is 4.79 Å². The van der Waals surface area contributed by atoms with Crippen LogP contribution in [0, 0.1) is 5.92 Å². The van der Waals surface area contributed by atoms with Crippen molar-refractivity contribution < 1.29 is 4.79 Å². The number of piperidine rings is 2. The number of hydrogen-bond acceptors (Lipinski definition) is 2. The van der Waals surface area contributed by atoms with Crippen molar-refractivity contribution in [3.63, 3.8) is 0 Å². The number of hydrogen-bond donors (Lipinski definition) is 1. The number of carbonyl (C=O) groups excluding carboxylic acids is 1. The molecular weight excluding hydrogens is 182 g/mol. The highest BCUT2D eigenvalue weighted by molar-refractivity contribution is 7.81. The molecule has 3 rings (SSSR count). The maximum Gasteiger partial charge on any atom is 0.235 e. The van der Waals surface area contributed by atoms with E-state index in [2.05, 4.69) is 17.5 Å². The monoisotopic (exact) mass is 199 g/mol. The van der Waals surface area contributed by atoms with Crippen molar-refractivity contribution >= 4 is 18.5 Å². The Morgan fingerprint density at radius 3 is 2.38 bits per heavy atom. The summed E-state index contributed by atoms with van der Waals surface area (Å²) >= 11 is 4.21. The third-order valence-electron chi connectivity index (χ3n) is 3.35. The van der Waals surface area contributed by atoms with Gasteiger partial charge in [0.05, 0.1) is 5.25 Å². The van der Waals surface area contributed by atoms with Gasteiger partial charge in [0.15, 0.2) is 0 Å². The summed E-state index contributed by atoms with van der Waals surface area (Å²) in [5.74, 6) is 1.01. The number of thiol groups is 1. The normalized spacial score (nSPS) is 34.8. The van der Waals surface area contributed by atoms with Gasteiger partial charge in [-0.25, -0.2) is 0 Å². The second kappa shape index (κ2) is 3.52. The maximum absolute atomic E-state index is 11.7. The molecule has 0 aromatic carbocycles. The van der Waals surface area contributed by atoms with E-state index in [0.717, 1.165) is 12.5 Å². The fourth-order valence-corrected chi connectivity index (χ4v) is 2.72. The first kappa shape index (κ1) is 9.38. The summed E-state index contributed by atoms with van der Waals surface area (Å²) in [5, 5.41) is -0.126. The van der Waals surface area contributed by atoms with Crippen LogP contribution in [0.2, 0.25) is 0 Å². The Labute approximate surface area is 85.1 Å². The van der Waals surface area contributed by atoms with E-state index in [1.54, 1.807) is 0 Å². The average Bonchev–Trinajstić information content (AvgIpc) is 2.18. The first-order chi connectivity index (χ1) is 6.18. The molecule has 2 aliphatic heterocycles. The molecular formula is C10H17NOS. The Kier molecular flexibility index (Phi) is 2.54. The number of rotatable bonds is 1. The Hall–Kier alpha value is -0.180. The van der Waals surface area contributed by atoms with Crippen LogP contribution in [0.4, 0.5) is 0 Å². The van der Waals surface area contributed by atoms with Gasteiger partial charge in [0.1, 0.15) is 0 Å². The molecule has 1 saturated carbocycles. The molecule has 1 atom stereocenters.